The van der Waals surface area contributed by atoms with Crippen LogP contribution in [0, 0.1) is 6.92 Å². The maximum atomic E-state index is 13.4. The molecule has 0 atom stereocenters. The van der Waals surface area contributed by atoms with Gasteiger partial charge >= 0.3 is 5.69 Å². The largest absolute Gasteiger partial charge is 0.497 e. The van der Waals surface area contributed by atoms with E-state index in [9.17, 15) is 14.4 Å². The number of methoxy groups -OCH3 is 1. The van der Waals surface area contributed by atoms with Crippen LogP contribution in [0.2, 0.25) is 0 Å². The molecular weight excluding hydrogens is 386 g/mol. The first-order chi connectivity index (χ1) is 14.5. The highest BCUT2D eigenvalue weighted by molar-refractivity contribution is 5.82. The standard InChI is InChI=1S/C22H23N3O5/c1-15-3-8-19-18(13-15)21(27)25(16-4-6-17(29-2)7-5-16)22(28)24(19)14-20(26)23-9-11-30-12-10-23/h3-8,13H,9-12,14H2,1-2H3. The average molecular weight is 409 g/mol. The van der Waals surface area contributed by atoms with Crippen molar-refractivity contribution in [2.45, 2.75) is 13.5 Å². The number of aromatic nitrogens is 2. The Morgan fingerprint density at radius 3 is 2.43 bits per heavy atom. The number of rotatable bonds is 4. The Hall–Kier alpha value is -3.39. The minimum absolute atomic E-state index is 0.144. The molecule has 4 rings (SSSR count). The molecule has 0 spiro atoms. The predicted molar refractivity (Wildman–Crippen MR) is 112 cm³/mol. The molecule has 3 aromatic rings. The van der Waals surface area contributed by atoms with Crippen molar-refractivity contribution in [1.29, 1.82) is 0 Å². The lowest BCUT2D eigenvalue weighted by molar-refractivity contribution is -0.135. The molecule has 8 heteroatoms. The molecule has 0 radical (unpaired) electrons. The lowest BCUT2D eigenvalue weighted by Gasteiger charge is -2.27. The van der Waals surface area contributed by atoms with Gasteiger partial charge in [-0.2, -0.15) is 0 Å². The van der Waals surface area contributed by atoms with Gasteiger partial charge in [0.15, 0.2) is 0 Å². The van der Waals surface area contributed by atoms with Gasteiger partial charge in [0.1, 0.15) is 12.3 Å². The first-order valence-electron chi connectivity index (χ1n) is 9.76. The van der Waals surface area contributed by atoms with Crippen LogP contribution in [-0.2, 0) is 16.1 Å². The van der Waals surface area contributed by atoms with E-state index in [0.29, 0.717) is 48.6 Å². The number of ether oxygens (including phenoxy) is 2. The van der Waals surface area contributed by atoms with Crippen molar-refractivity contribution in [3.05, 3.63) is 68.9 Å². The van der Waals surface area contributed by atoms with Crippen molar-refractivity contribution < 1.29 is 14.3 Å². The minimum atomic E-state index is -0.553. The van der Waals surface area contributed by atoms with E-state index in [0.717, 1.165) is 10.1 Å². The highest BCUT2D eigenvalue weighted by atomic mass is 16.5. The van der Waals surface area contributed by atoms with Crippen LogP contribution in [0.3, 0.4) is 0 Å². The lowest BCUT2D eigenvalue weighted by atomic mass is 10.1. The highest BCUT2D eigenvalue weighted by Gasteiger charge is 2.21. The number of carbonyl (C=O) groups is 1. The molecule has 8 nitrogen and oxygen atoms in total. The zero-order valence-corrected chi connectivity index (χ0v) is 17.0. The number of nitrogens with zero attached hydrogens (tertiary/aromatic N) is 3. The molecule has 0 aliphatic carbocycles. The van der Waals surface area contributed by atoms with Gasteiger partial charge in [-0.1, -0.05) is 11.6 Å². The van der Waals surface area contributed by atoms with E-state index in [-0.39, 0.29) is 12.5 Å². The Kier molecular flexibility index (Phi) is 5.41. The Morgan fingerprint density at radius 1 is 1.07 bits per heavy atom. The number of morpholine rings is 1. The normalized spacial score (nSPS) is 14.1. The van der Waals surface area contributed by atoms with Crippen LogP contribution in [0.15, 0.2) is 52.1 Å². The Balaban J connectivity index is 1.88. The summed E-state index contributed by atoms with van der Waals surface area (Å²) >= 11 is 0. The lowest BCUT2D eigenvalue weighted by Crippen LogP contribution is -2.45. The maximum absolute atomic E-state index is 13.4. The van der Waals surface area contributed by atoms with Gasteiger partial charge in [0.2, 0.25) is 5.91 Å². The molecule has 1 aliphatic rings. The molecule has 1 aromatic heterocycles. The van der Waals surface area contributed by atoms with Crippen molar-refractivity contribution in [2.24, 2.45) is 0 Å². The number of hydrogen-bond donors (Lipinski definition) is 0. The highest BCUT2D eigenvalue weighted by Crippen LogP contribution is 2.16. The smallest absolute Gasteiger partial charge is 0.336 e. The molecule has 1 amide bonds. The van der Waals surface area contributed by atoms with E-state index >= 15 is 0 Å². The Bertz CT molecular complexity index is 1200. The fraction of sp³-hybridized carbons (Fsp3) is 0.318. The van der Waals surface area contributed by atoms with Crippen molar-refractivity contribution in [3.8, 4) is 11.4 Å². The second-order valence-electron chi connectivity index (χ2n) is 7.22. The monoisotopic (exact) mass is 409 g/mol. The second kappa shape index (κ2) is 8.16. The van der Waals surface area contributed by atoms with Crippen LogP contribution in [0.1, 0.15) is 5.56 Å². The molecule has 30 heavy (non-hydrogen) atoms. The van der Waals surface area contributed by atoms with Gasteiger partial charge in [-0.15, -0.1) is 0 Å². The molecule has 2 heterocycles. The molecule has 1 saturated heterocycles. The second-order valence-corrected chi connectivity index (χ2v) is 7.22. The molecular formula is C22H23N3O5. The maximum Gasteiger partial charge on any atom is 0.336 e. The Morgan fingerprint density at radius 2 is 1.77 bits per heavy atom. The molecule has 0 unspecified atom stereocenters. The van der Waals surface area contributed by atoms with Gasteiger partial charge in [-0.05, 0) is 43.3 Å². The summed E-state index contributed by atoms with van der Waals surface area (Å²) in [6.45, 7) is 3.67. The zero-order valence-electron chi connectivity index (χ0n) is 17.0. The molecule has 0 N–H and O–H groups in total. The fourth-order valence-corrected chi connectivity index (χ4v) is 3.65. The third kappa shape index (κ3) is 3.61. The first kappa shape index (κ1) is 19.9. The summed E-state index contributed by atoms with van der Waals surface area (Å²) in [7, 11) is 1.55. The number of amides is 1. The van der Waals surface area contributed by atoms with Gasteiger partial charge < -0.3 is 14.4 Å². The number of benzene rings is 2. The van der Waals surface area contributed by atoms with Gasteiger partial charge in [0.25, 0.3) is 5.56 Å². The average Bonchev–Trinajstić information content (AvgIpc) is 2.78. The van der Waals surface area contributed by atoms with Crippen LogP contribution < -0.4 is 16.0 Å². The van der Waals surface area contributed by atoms with Gasteiger partial charge in [0, 0.05) is 13.1 Å². The SMILES string of the molecule is COc1ccc(-n2c(=O)c3cc(C)ccc3n(CC(=O)N3CCOCC3)c2=O)cc1. The van der Waals surface area contributed by atoms with Crippen LogP contribution in [0.4, 0.5) is 0 Å². The van der Waals surface area contributed by atoms with E-state index < -0.39 is 11.2 Å². The van der Waals surface area contributed by atoms with Crippen LogP contribution in [0.5, 0.6) is 5.75 Å². The summed E-state index contributed by atoms with van der Waals surface area (Å²) in [5.41, 5.74) is 0.788. The summed E-state index contributed by atoms with van der Waals surface area (Å²) in [5, 5.41) is 0.389. The van der Waals surface area contributed by atoms with Crippen molar-refractivity contribution in [1.82, 2.24) is 14.0 Å². The Labute approximate surface area is 172 Å². The number of fused-ring (bicyclic) bond motifs is 1. The van der Waals surface area contributed by atoms with Gasteiger partial charge in [-0.25, -0.2) is 9.36 Å². The summed E-state index contributed by atoms with van der Waals surface area (Å²) < 4.78 is 12.9. The van der Waals surface area contributed by atoms with Crippen molar-refractivity contribution in [2.75, 3.05) is 33.4 Å². The summed E-state index contributed by atoms with van der Waals surface area (Å²) in [6.07, 6.45) is 0. The molecule has 2 aromatic carbocycles. The quantitative estimate of drug-likeness (QED) is 0.649. The predicted octanol–water partition coefficient (Wildman–Crippen LogP) is 1.33. The number of hydrogen-bond acceptors (Lipinski definition) is 5. The zero-order chi connectivity index (χ0) is 21.3. The van der Waals surface area contributed by atoms with E-state index in [1.807, 2.05) is 13.0 Å². The van der Waals surface area contributed by atoms with Gasteiger partial charge in [0.05, 0.1) is 36.9 Å². The van der Waals surface area contributed by atoms with Crippen LogP contribution in [-0.4, -0.2) is 53.4 Å². The molecule has 0 bridgehead atoms. The molecule has 1 fully saturated rings. The number of aryl methyl sites for hydroxylation is 1. The molecule has 1 aliphatic heterocycles. The van der Waals surface area contributed by atoms with E-state index in [1.165, 1.54) is 4.57 Å². The third-order valence-corrected chi connectivity index (χ3v) is 5.29. The van der Waals surface area contributed by atoms with Crippen molar-refractivity contribution in [3.63, 3.8) is 0 Å². The summed E-state index contributed by atoms with van der Waals surface area (Å²) in [4.78, 5) is 41.1. The van der Waals surface area contributed by atoms with E-state index in [1.54, 1.807) is 48.4 Å². The van der Waals surface area contributed by atoms with Crippen molar-refractivity contribution >= 4 is 16.8 Å². The van der Waals surface area contributed by atoms with Crippen LogP contribution >= 0.6 is 0 Å². The topological polar surface area (TPSA) is 82.8 Å². The minimum Gasteiger partial charge on any atom is -0.497 e. The summed E-state index contributed by atoms with van der Waals surface area (Å²) in [5.74, 6) is 0.438. The third-order valence-electron chi connectivity index (χ3n) is 5.29. The summed E-state index contributed by atoms with van der Waals surface area (Å²) in [6, 6.07) is 12.0. The van der Waals surface area contributed by atoms with E-state index in [4.69, 9.17) is 9.47 Å². The molecule has 156 valence electrons. The fourth-order valence-electron chi connectivity index (χ4n) is 3.65. The first-order valence-corrected chi connectivity index (χ1v) is 9.76. The van der Waals surface area contributed by atoms with Gasteiger partial charge in [-0.3, -0.25) is 14.2 Å². The van der Waals surface area contributed by atoms with Crippen LogP contribution in [0.25, 0.3) is 16.6 Å². The number of carbonyl (C=O) groups excluding carboxylic acids is 1. The van der Waals surface area contributed by atoms with E-state index in [2.05, 4.69) is 0 Å². The molecule has 0 saturated carbocycles.